The molecule has 1 aliphatic carbocycles. The van der Waals surface area contributed by atoms with E-state index in [4.69, 9.17) is 32.7 Å². The van der Waals surface area contributed by atoms with Gasteiger partial charge < -0.3 is 19.5 Å². The molecule has 1 N–H and O–H groups in total. The van der Waals surface area contributed by atoms with Crippen molar-refractivity contribution in [2.24, 2.45) is 0 Å². The van der Waals surface area contributed by atoms with Gasteiger partial charge in [0, 0.05) is 23.0 Å². The first-order valence-electron chi connectivity index (χ1n) is 12.5. The molecule has 0 spiro atoms. The number of allylic oxidation sites excluding steroid dienone is 1. The number of rotatable bonds is 5. The molecule has 8 heteroatoms. The topological polar surface area (TPSA) is 76.1 Å². The van der Waals surface area contributed by atoms with Gasteiger partial charge in [-0.2, -0.15) is 0 Å². The van der Waals surface area contributed by atoms with E-state index >= 15 is 0 Å². The molecule has 1 heterocycles. The lowest BCUT2D eigenvalue weighted by Gasteiger charge is -2.19. The molecule has 1 atom stereocenters. The van der Waals surface area contributed by atoms with Gasteiger partial charge in [0.15, 0.2) is 0 Å². The molecule has 1 aliphatic heterocycles. The third-order valence-electron chi connectivity index (χ3n) is 7.09. The number of ether oxygens (including phenoxy) is 2. The van der Waals surface area contributed by atoms with Gasteiger partial charge in [0.05, 0.1) is 19.2 Å². The maximum Gasteiger partial charge on any atom is 0.407 e. The van der Waals surface area contributed by atoms with Gasteiger partial charge >= 0.3 is 12.1 Å². The van der Waals surface area contributed by atoms with E-state index in [1.165, 1.54) is 12.0 Å². The Bertz CT molecular complexity index is 1420. The van der Waals surface area contributed by atoms with Gasteiger partial charge in [-0.05, 0) is 89.1 Å². The van der Waals surface area contributed by atoms with Crippen LogP contribution in [0.4, 0.5) is 4.79 Å². The minimum Gasteiger partial charge on any atom is -0.489 e. The Morgan fingerprint density at radius 2 is 1.74 bits per heavy atom. The number of likely N-dealkylation sites (tertiary alicyclic amines) is 1. The fraction of sp³-hybridized carbons (Fsp3) is 0.267. The summed E-state index contributed by atoms with van der Waals surface area (Å²) in [6.07, 6.45) is 2.06. The average Bonchev–Trinajstić information content (AvgIpc) is 3.30. The summed E-state index contributed by atoms with van der Waals surface area (Å²) in [5.74, 6) is 0.325. The number of carboxylic acid groups (broad SMARTS) is 1. The van der Waals surface area contributed by atoms with Crippen LogP contribution in [0.25, 0.3) is 11.1 Å². The highest BCUT2D eigenvalue weighted by Gasteiger charge is 2.27. The number of methoxy groups -OCH3 is 1. The Labute approximate surface area is 231 Å². The molecule has 1 saturated heterocycles. The van der Waals surface area contributed by atoms with E-state index in [0.29, 0.717) is 40.9 Å². The summed E-state index contributed by atoms with van der Waals surface area (Å²) >= 11 is 12.9. The summed E-state index contributed by atoms with van der Waals surface area (Å²) in [6, 6.07) is 19.1. The highest BCUT2D eigenvalue weighted by Crippen LogP contribution is 2.42. The second kappa shape index (κ2) is 11.1. The van der Waals surface area contributed by atoms with E-state index in [2.05, 4.69) is 0 Å². The minimum atomic E-state index is -0.922. The standard InChI is InChI=1S/C30H27Cl2NO5/c1-37-29(34)20-7-11-24-19(15-20)3-2-4-26(25-12-8-21(31)16-27(25)32)28(24)18-5-9-22(10-6-18)38-23-13-14-33(17-23)30(35)36/h5-12,15-16,23H,2-4,13-14,17H2,1H3,(H,35,36)/t23-/m1/s1. The van der Waals surface area contributed by atoms with Gasteiger partial charge in [0.2, 0.25) is 0 Å². The summed E-state index contributed by atoms with van der Waals surface area (Å²) in [6.45, 7) is 0.831. The Morgan fingerprint density at radius 3 is 2.42 bits per heavy atom. The third kappa shape index (κ3) is 5.38. The number of amides is 1. The molecular formula is C30H27Cl2NO5. The van der Waals surface area contributed by atoms with Crippen molar-refractivity contribution < 1.29 is 24.2 Å². The first-order valence-corrected chi connectivity index (χ1v) is 13.2. The van der Waals surface area contributed by atoms with Crippen molar-refractivity contribution in [3.63, 3.8) is 0 Å². The van der Waals surface area contributed by atoms with Crippen LogP contribution in [0.3, 0.4) is 0 Å². The van der Waals surface area contributed by atoms with Gasteiger partial charge in [0.1, 0.15) is 11.9 Å². The fourth-order valence-electron chi connectivity index (χ4n) is 5.26. The molecule has 3 aromatic rings. The summed E-state index contributed by atoms with van der Waals surface area (Å²) in [5, 5.41) is 10.4. The SMILES string of the molecule is COC(=O)c1ccc2c(c1)CCCC(c1ccc(Cl)cc1Cl)=C2c1ccc(O[C@@H]2CCN(C(=O)O)C2)cc1. The number of carbonyl (C=O) groups excluding carboxylic acids is 1. The monoisotopic (exact) mass is 551 g/mol. The Morgan fingerprint density at radius 1 is 0.974 bits per heavy atom. The molecule has 5 rings (SSSR count). The lowest BCUT2D eigenvalue weighted by molar-refractivity contribution is 0.0600. The van der Waals surface area contributed by atoms with Gasteiger partial charge in [0.25, 0.3) is 0 Å². The molecule has 0 radical (unpaired) electrons. The molecule has 2 aliphatic rings. The van der Waals surface area contributed by atoms with E-state index in [-0.39, 0.29) is 12.1 Å². The second-order valence-electron chi connectivity index (χ2n) is 9.48. The number of esters is 1. The zero-order valence-corrected chi connectivity index (χ0v) is 22.4. The van der Waals surface area contributed by atoms with Crippen LogP contribution in [0.2, 0.25) is 10.0 Å². The predicted octanol–water partition coefficient (Wildman–Crippen LogP) is 7.21. The third-order valence-corrected chi connectivity index (χ3v) is 7.64. The summed E-state index contributed by atoms with van der Waals surface area (Å²) < 4.78 is 11.0. The average molecular weight is 552 g/mol. The van der Waals surface area contributed by atoms with Crippen molar-refractivity contribution in [1.82, 2.24) is 4.90 Å². The van der Waals surface area contributed by atoms with Gasteiger partial charge in [-0.3, -0.25) is 0 Å². The van der Waals surface area contributed by atoms with Gasteiger partial charge in [-0.15, -0.1) is 0 Å². The van der Waals surface area contributed by atoms with Crippen LogP contribution in [-0.4, -0.2) is 48.4 Å². The van der Waals surface area contributed by atoms with E-state index in [9.17, 15) is 14.7 Å². The number of aryl methyl sites for hydroxylation is 1. The highest BCUT2D eigenvalue weighted by atomic mass is 35.5. The molecule has 1 amide bonds. The molecule has 3 aromatic carbocycles. The fourth-order valence-corrected chi connectivity index (χ4v) is 5.78. The molecule has 0 bridgehead atoms. The minimum absolute atomic E-state index is 0.171. The van der Waals surface area contributed by atoms with E-state index < -0.39 is 6.09 Å². The number of hydrogen-bond acceptors (Lipinski definition) is 4. The van der Waals surface area contributed by atoms with Crippen LogP contribution >= 0.6 is 23.2 Å². The van der Waals surface area contributed by atoms with Crippen LogP contribution in [0.5, 0.6) is 5.75 Å². The lowest BCUT2D eigenvalue weighted by Crippen LogP contribution is -2.29. The van der Waals surface area contributed by atoms with E-state index in [1.807, 2.05) is 48.5 Å². The second-order valence-corrected chi connectivity index (χ2v) is 10.3. The van der Waals surface area contributed by atoms with Crippen LogP contribution < -0.4 is 4.74 Å². The van der Waals surface area contributed by atoms with Gasteiger partial charge in [-0.1, -0.05) is 47.5 Å². The van der Waals surface area contributed by atoms with Crippen LogP contribution in [0, 0.1) is 0 Å². The molecule has 6 nitrogen and oxygen atoms in total. The maximum atomic E-state index is 12.2. The predicted molar refractivity (Wildman–Crippen MR) is 148 cm³/mol. The molecule has 0 saturated carbocycles. The zero-order valence-electron chi connectivity index (χ0n) is 20.9. The van der Waals surface area contributed by atoms with Crippen molar-refractivity contribution in [3.8, 4) is 5.75 Å². The van der Waals surface area contributed by atoms with Crippen molar-refractivity contribution in [2.75, 3.05) is 20.2 Å². The van der Waals surface area contributed by atoms with Crippen molar-refractivity contribution >= 4 is 46.4 Å². The normalized spacial score (nSPS) is 17.1. The first-order chi connectivity index (χ1) is 18.3. The van der Waals surface area contributed by atoms with E-state index in [0.717, 1.165) is 52.7 Å². The maximum absolute atomic E-state index is 12.2. The summed E-state index contributed by atoms with van der Waals surface area (Å²) in [5.41, 5.74) is 6.71. The van der Waals surface area contributed by atoms with Crippen LogP contribution in [0.15, 0.2) is 60.7 Å². The molecule has 0 unspecified atom stereocenters. The quantitative estimate of drug-likeness (QED) is 0.339. The van der Waals surface area contributed by atoms with Crippen molar-refractivity contribution in [2.45, 2.75) is 31.8 Å². The smallest absolute Gasteiger partial charge is 0.407 e. The summed E-state index contributed by atoms with van der Waals surface area (Å²) in [7, 11) is 1.38. The molecule has 196 valence electrons. The van der Waals surface area contributed by atoms with Gasteiger partial charge in [-0.25, -0.2) is 9.59 Å². The number of halogens is 2. The summed E-state index contributed by atoms with van der Waals surface area (Å²) in [4.78, 5) is 24.8. The van der Waals surface area contributed by atoms with Crippen LogP contribution in [0.1, 0.15) is 51.9 Å². The molecular weight excluding hydrogens is 525 g/mol. The zero-order chi connectivity index (χ0) is 26.8. The number of fused-ring (bicyclic) bond motifs is 1. The highest BCUT2D eigenvalue weighted by molar-refractivity contribution is 6.36. The first kappa shape index (κ1) is 26.1. The lowest BCUT2D eigenvalue weighted by atomic mass is 9.87. The Kier molecular flexibility index (Phi) is 7.63. The largest absolute Gasteiger partial charge is 0.489 e. The number of benzene rings is 3. The molecule has 0 aromatic heterocycles. The number of carbonyl (C=O) groups is 2. The molecule has 38 heavy (non-hydrogen) atoms. The number of nitrogens with zero attached hydrogens (tertiary/aromatic N) is 1. The Balaban J connectivity index is 1.56. The van der Waals surface area contributed by atoms with Crippen molar-refractivity contribution in [1.29, 1.82) is 0 Å². The van der Waals surface area contributed by atoms with E-state index in [1.54, 1.807) is 12.1 Å². The number of hydrogen-bond donors (Lipinski definition) is 1. The molecule has 1 fully saturated rings. The Hall–Kier alpha value is -3.48. The van der Waals surface area contributed by atoms with Crippen LogP contribution in [-0.2, 0) is 11.2 Å². The van der Waals surface area contributed by atoms with Crippen molar-refractivity contribution in [3.05, 3.63) is 98.5 Å².